The van der Waals surface area contributed by atoms with E-state index in [1.807, 2.05) is 4.90 Å². The normalized spacial score (nSPS) is 17.2. The summed E-state index contributed by atoms with van der Waals surface area (Å²) in [5.74, 6) is -0.938. The molecule has 1 saturated heterocycles. The van der Waals surface area contributed by atoms with Crippen molar-refractivity contribution in [3.8, 4) is 0 Å². The van der Waals surface area contributed by atoms with Crippen LogP contribution >= 0.6 is 0 Å². The number of carboxylic acid groups (broad SMARTS) is 1. The van der Waals surface area contributed by atoms with E-state index in [9.17, 15) is 14.4 Å². The number of hydrogen-bond acceptors (Lipinski definition) is 4. The number of nitrogens with zero attached hydrogens (tertiary/aromatic N) is 2. The van der Waals surface area contributed by atoms with E-state index in [0.29, 0.717) is 19.5 Å². The number of carbonyl (C=O) groups excluding carboxylic acids is 2. The topological polar surface area (TPSA) is 89.9 Å². The minimum atomic E-state index is -0.949. The molecule has 1 rings (SSSR count). The van der Waals surface area contributed by atoms with Gasteiger partial charge in [0.15, 0.2) is 0 Å². The predicted octanol–water partition coefficient (Wildman–Crippen LogP) is 0.300. The van der Waals surface area contributed by atoms with Crippen molar-refractivity contribution in [1.29, 1.82) is 0 Å². The zero-order valence-electron chi connectivity index (χ0n) is 13.5. The highest BCUT2D eigenvalue weighted by molar-refractivity contribution is 5.79. The van der Waals surface area contributed by atoms with Gasteiger partial charge in [-0.05, 0) is 33.2 Å². The second-order valence-corrected chi connectivity index (χ2v) is 5.82. The lowest BCUT2D eigenvalue weighted by Crippen LogP contribution is -2.43. The van der Waals surface area contributed by atoms with Crippen LogP contribution in [0.15, 0.2) is 0 Å². The van der Waals surface area contributed by atoms with Gasteiger partial charge in [-0.3, -0.25) is 19.3 Å². The number of carboxylic acids is 1. The number of aliphatic carboxylic acids is 1. The summed E-state index contributed by atoms with van der Waals surface area (Å²) in [5.41, 5.74) is 0. The first-order chi connectivity index (χ1) is 10.4. The average molecular weight is 313 g/mol. The van der Waals surface area contributed by atoms with Gasteiger partial charge in [-0.2, -0.15) is 0 Å². The first-order valence-electron chi connectivity index (χ1n) is 7.89. The lowest BCUT2D eigenvalue weighted by Gasteiger charge is -2.21. The summed E-state index contributed by atoms with van der Waals surface area (Å²) in [4.78, 5) is 37.7. The Morgan fingerprint density at radius 2 is 2.09 bits per heavy atom. The van der Waals surface area contributed by atoms with Crippen LogP contribution in [0.1, 0.15) is 39.0 Å². The zero-order chi connectivity index (χ0) is 16.5. The number of hydrogen-bond donors (Lipinski definition) is 2. The van der Waals surface area contributed by atoms with Crippen LogP contribution in [0.2, 0.25) is 0 Å². The smallest absolute Gasteiger partial charge is 0.320 e. The van der Waals surface area contributed by atoms with Gasteiger partial charge in [0.1, 0.15) is 6.04 Å². The van der Waals surface area contributed by atoms with Crippen molar-refractivity contribution < 1.29 is 19.5 Å². The Kier molecular flexibility index (Phi) is 7.87. The summed E-state index contributed by atoms with van der Waals surface area (Å²) in [6, 6.07) is -0.694. The quantitative estimate of drug-likeness (QED) is 0.629. The van der Waals surface area contributed by atoms with E-state index >= 15 is 0 Å². The maximum Gasteiger partial charge on any atom is 0.320 e. The fourth-order valence-electron chi connectivity index (χ4n) is 2.38. The zero-order valence-corrected chi connectivity index (χ0v) is 13.5. The van der Waals surface area contributed by atoms with Gasteiger partial charge in [-0.15, -0.1) is 0 Å². The third kappa shape index (κ3) is 6.43. The van der Waals surface area contributed by atoms with Gasteiger partial charge >= 0.3 is 5.97 Å². The number of likely N-dealkylation sites (N-methyl/N-ethyl adjacent to an activating group) is 1. The predicted molar refractivity (Wildman–Crippen MR) is 82.4 cm³/mol. The third-order valence-electron chi connectivity index (χ3n) is 4.01. The highest BCUT2D eigenvalue weighted by Crippen LogP contribution is 2.11. The van der Waals surface area contributed by atoms with Crippen molar-refractivity contribution in [1.82, 2.24) is 15.1 Å². The molecule has 126 valence electrons. The Hall–Kier alpha value is -1.63. The monoisotopic (exact) mass is 313 g/mol. The molecule has 1 aliphatic heterocycles. The molecule has 7 heteroatoms. The molecule has 0 aromatic carbocycles. The largest absolute Gasteiger partial charge is 0.480 e. The summed E-state index contributed by atoms with van der Waals surface area (Å²) >= 11 is 0. The summed E-state index contributed by atoms with van der Waals surface area (Å²) in [6.45, 7) is 3.57. The first kappa shape index (κ1) is 18.4. The van der Waals surface area contributed by atoms with E-state index in [0.717, 1.165) is 32.2 Å². The van der Waals surface area contributed by atoms with E-state index in [4.69, 9.17) is 5.11 Å². The van der Waals surface area contributed by atoms with E-state index in [1.54, 1.807) is 14.0 Å². The van der Waals surface area contributed by atoms with Crippen molar-refractivity contribution in [3.05, 3.63) is 0 Å². The summed E-state index contributed by atoms with van der Waals surface area (Å²) < 4.78 is 0. The summed E-state index contributed by atoms with van der Waals surface area (Å²) in [6.07, 6.45) is 4.48. The van der Waals surface area contributed by atoms with Crippen molar-refractivity contribution in [3.63, 3.8) is 0 Å². The molecular weight excluding hydrogens is 286 g/mol. The molecule has 22 heavy (non-hydrogen) atoms. The SMILES string of the molecule is CC(C(=O)O)N(C)CC(=O)NCCCN1CCCCCC1=O. The minimum absolute atomic E-state index is 0.0517. The molecule has 1 atom stereocenters. The molecule has 0 aromatic heterocycles. The maximum atomic E-state index is 11.8. The number of likely N-dealkylation sites (tertiary alicyclic amines) is 1. The van der Waals surface area contributed by atoms with Crippen molar-refractivity contribution in [2.45, 2.75) is 45.1 Å². The van der Waals surface area contributed by atoms with E-state index in [1.165, 1.54) is 4.90 Å². The van der Waals surface area contributed by atoms with Crippen molar-refractivity contribution in [2.75, 3.05) is 33.2 Å². The van der Waals surface area contributed by atoms with E-state index in [2.05, 4.69) is 5.32 Å². The van der Waals surface area contributed by atoms with Gasteiger partial charge in [-0.25, -0.2) is 0 Å². The molecule has 1 aliphatic rings. The minimum Gasteiger partial charge on any atom is -0.480 e. The van der Waals surface area contributed by atoms with Gasteiger partial charge < -0.3 is 15.3 Å². The molecule has 2 N–H and O–H groups in total. The van der Waals surface area contributed by atoms with Crippen LogP contribution in [-0.2, 0) is 14.4 Å². The van der Waals surface area contributed by atoms with Gasteiger partial charge in [0.2, 0.25) is 11.8 Å². The van der Waals surface area contributed by atoms with Crippen LogP contribution in [0.25, 0.3) is 0 Å². The van der Waals surface area contributed by atoms with Crippen molar-refractivity contribution in [2.24, 2.45) is 0 Å². The number of rotatable bonds is 8. The van der Waals surface area contributed by atoms with Crippen LogP contribution in [-0.4, -0.2) is 72.0 Å². The Morgan fingerprint density at radius 1 is 1.36 bits per heavy atom. The van der Waals surface area contributed by atoms with Crippen molar-refractivity contribution >= 4 is 17.8 Å². The van der Waals surface area contributed by atoms with Crippen LogP contribution in [0.5, 0.6) is 0 Å². The molecule has 0 aromatic rings. The van der Waals surface area contributed by atoms with Crippen LogP contribution in [0.3, 0.4) is 0 Å². The van der Waals surface area contributed by atoms with Gasteiger partial charge in [-0.1, -0.05) is 6.42 Å². The molecule has 1 fully saturated rings. The molecule has 1 unspecified atom stereocenters. The fourth-order valence-corrected chi connectivity index (χ4v) is 2.38. The second-order valence-electron chi connectivity index (χ2n) is 5.82. The molecule has 7 nitrogen and oxygen atoms in total. The van der Waals surface area contributed by atoms with Crippen LogP contribution in [0.4, 0.5) is 0 Å². The standard InChI is InChI=1S/C15H27N3O4/c1-12(15(21)22)17(2)11-13(19)16-8-6-10-18-9-5-3-4-7-14(18)20/h12H,3-11H2,1-2H3,(H,16,19)(H,21,22). The Balaban J connectivity index is 2.19. The fraction of sp³-hybridized carbons (Fsp3) is 0.800. The molecule has 0 bridgehead atoms. The van der Waals surface area contributed by atoms with E-state index in [-0.39, 0.29) is 18.4 Å². The lowest BCUT2D eigenvalue weighted by atomic mass is 10.2. The number of nitrogens with one attached hydrogen (secondary N) is 1. The molecule has 0 aliphatic carbocycles. The summed E-state index contributed by atoms with van der Waals surface area (Å²) in [7, 11) is 1.61. The van der Waals surface area contributed by atoms with Gasteiger partial charge in [0.25, 0.3) is 0 Å². The lowest BCUT2D eigenvalue weighted by molar-refractivity contribution is -0.142. The second kappa shape index (κ2) is 9.40. The number of amides is 2. The molecule has 2 amide bonds. The van der Waals surface area contributed by atoms with Crippen LogP contribution in [0, 0.1) is 0 Å². The number of carbonyl (C=O) groups is 3. The summed E-state index contributed by atoms with van der Waals surface area (Å²) in [5, 5.41) is 11.6. The molecule has 0 spiro atoms. The Morgan fingerprint density at radius 3 is 2.77 bits per heavy atom. The molecular formula is C15H27N3O4. The molecule has 0 saturated carbocycles. The Labute approximate surface area is 131 Å². The molecule has 0 radical (unpaired) electrons. The van der Waals surface area contributed by atoms with E-state index < -0.39 is 12.0 Å². The van der Waals surface area contributed by atoms with Crippen LogP contribution < -0.4 is 5.32 Å². The maximum absolute atomic E-state index is 11.8. The average Bonchev–Trinajstić information content (AvgIpc) is 2.67. The highest BCUT2D eigenvalue weighted by Gasteiger charge is 2.19. The Bertz CT molecular complexity index is 400. The van der Waals surface area contributed by atoms with Gasteiger partial charge in [0, 0.05) is 26.1 Å². The molecule has 1 heterocycles. The van der Waals surface area contributed by atoms with Gasteiger partial charge in [0.05, 0.1) is 6.54 Å². The first-order valence-corrected chi connectivity index (χ1v) is 7.89. The third-order valence-corrected chi connectivity index (χ3v) is 4.01. The highest BCUT2D eigenvalue weighted by atomic mass is 16.4.